The monoisotopic (exact) mass is 270 g/mol. The van der Waals surface area contributed by atoms with Crippen LogP contribution < -0.4 is 5.32 Å². The topological polar surface area (TPSA) is 15.3 Å². The molecule has 1 aromatic rings. The number of fused-ring (bicyclic) bond motifs is 1. The van der Waals surface area contributed by atoms with E-state index in [1.54, 1.807) is 16.7 Å². The third-order valence-corrected chi connectivity index (χ3v) is 5.75. The lowest BCUT2D eigenvalue weighted by molar-refractivity contribution is 0.0572. The lowest BCUT2D eigenvalue weighted by atomic mass is 9.92. The predicted molar refractivity (Wildman–Crippen MR) is 82.9 cm³/mol. The van der Waals surface area contributed by atoms with Crippen LogP contribution in [-0.4, -0.2) is 30.1 Å². The Morgan fingerprint density at radius 3 is 2.80 bits per heavy atom. The van der Waals surface area contributed by atoms with E-state index in [1.807, 2.05) is 0 Å². The van der Waals surface area contributed by atoms with Gasteiger partial charge in [0.05, 0.1) is 0 Å². The van der Waals surface area contributed by atoms with Gasteiger partial charge in [0.1, 0.15) is 0 Å². The van der Waals surface area contributed by atoms with E-state index in [9.17, 15) is 0 Å². The van der Waals surface area contributed by atoms with Crippen molar-refractivity contribution in [2.45, 2.75) is 57.0 Å². The van der Waals surface area contributed by atoms with E-state index in [2.05, 4.69) is 28.4 Å². The number of hydrogen-bond donors (Lipinski definition) is 1. The van der Waals surface area contributed by atoms with E-state index in [0.717, 1.165) is 13.1 Å². The van der Waals surface area contributed by atoms with Gasteiger partial charge in [-0.25, -0.2) is 0 Å². The maximum absolute atomic E-state index is 3.63. The summed E-state index contributed by atoms with van der Waals surface area (Å²) in [7, 11) is 0. The first-order chi connectivity index (χ1) is 9.86. The van der Waals surface area contributed by atoms with Crippen LogP contribution >= 0.6 is 0 Å². The van der Waals surface area contributed by atoms with E-state index in [4.69, 9.17) is 0 Å². The Kier molecular flexibility index (Phi) is 3.31. The second-order valence-electron chi connectivity index (χ2n) is 6.99. The Balaban J connectivity index is 1.55. The average Bonchev–Trinajstić information content (AvgIpc) is 3.11. The summed E-state index contributed by atoms with van der Waals surface area (Å²) in [5, 5.41) is 3.63. The number of benzene rings is 1. The molecule has 2 nitrogen and oxygen atoms in total. The van der Waals surface area contributed by atoms with Gasteiger partial charge in [-0.2, -0.15) is 0 Å². The molecule has 1 spiro atoms. The molecule has 20 heavy (non-hydrogen) atoms. The van der Waals surface area contributed by atoms with Crippen molar-refractivity contribution in [3.8, 4) is 0 Å². The maximum atomic E-state index is 3.63. The predicted octanol–water partition coefficient (Wildman–Crippen LogP) is 2.89. The Morgan fingerprint density at radius 2 is 1.90 bits per heavy atom. The Hall–Kier alpha value is -0.860. The first-order valence-electron chi connectivity index (χ1n) is 8.42. The molecule has 2 heteroatoms. The molecule has 0 atom stereocenters. The van der Waals surface area contributed by atoms with Gasteiger partial charge in [0.2, 0.25) is 0 Å². The fourth-order valence-corrected chi connectivity index (χ4v) is 4.60. The van der Waals surface area contributed by atoms with E-state index < -0.39 is 0 Å². The summed E-state index contributed by atoms with van der Waals surface area (Å²) >= 11 is 0. The lowest BCUT2D eigenvalue weighted by Crippen LogP contribution is -2.59. The minimum absolute atomic E-state index is 0.470. The van der Waals surface area contributed by atoms with Crippen molar-refractivity contribution in [2.75, 3.05) is 19.6 Å². The zero-order valence-electron chi connectivity index (χ0n) is 12.5. The minimum Gasteiger partial charge on any atom is -0.314 e. The molecule has 1 aliphatic heterocycles. The SMILES string of the molecule is c1cc2c(cc1CN1CCNCC13CCCC3)CCC2. The Bertz CT molecular complexity index is 488. The van der Waals surface area contributed by atoms with Gasteiger partial charge in [-0.15, -0.1) is 0 Å². The molecule has 1 aromatic carbocycles. The van der Waals surface area contributed by atoms with E-state index in [-0.39, 0.29) is 0 Å². The molecule has 0 unspecified atom stereocenters. The third kappa shape index (κ3) is 2.19. The summed E-state index contributed by atoms with van der Waals surface area (Å²) in [5.41, 5.74) is 5.23. The van der Waals surface area contributed by atoms with Crippen LogP contribution in [0.25, 0.3) is 0 Å². The molecule has 2 aliphatic carbocycles. The van der Waals surface area contributed by atoms with Gasteiger partial charge >= 0.3 is 0 Å². The highest BCUT2D eigenvalue weighted by Crippen LogP contribution is 2.37. The molecule has 4 rings (SSSR count). The highest BCUT2D eigenvalue weighted by Gasteiger charge is 2.40. The fraction of sp³-hybridized carbons (Fsp3) is 0.667. The molecule has 0 amide bonds. The Labute approximate surface area is 122 Å². The van der Waals surface area contributed by atoms with Gasteiger partial charge < -0.3 is 5.32 Å². The van der Waals surface area contributed by atoms with Crippen LogP contribution in [0.4, 0.5) is 0 Å². The maximum Gasteiger partial charge on any atom is 0.0338 e. The summed E-state index contributed by atoms with van der Waals surface area (Å²) < 4.78 is 0. The summed E-state index contributed by atoms with van der Waals surface area (Å²) in [6.07, 6.45) is 9.58. The standard InChI is InChI=1S/C18H26N2/c1-2-9-18(8-1)14-19-10-11-20(18)13-15-6-7-16-4-3-5-17(16)12-15/h6-7,12,19H,1-5,8-11,13-14H2. The molecule has 108 valence electrons. The van der Waals surface area contributed by atoms with Gasteiger partial charge in [-0.1, -0.05) is 31.0 Å². The molecular weight excluding hydrogens is 244 g/mol. The van der Waals surface area contributed by atoms with E-state index in [0.29, 0.717) is 5.54 Å². The van der Waals surface area contributed by atoms with Crippen LogP contribution in [0.2, 0.25) is 0 Å². The molecule has 0 bridgehead atoms. The van der Waals surface area contributed by atoms with Gasteiger partial charge in [0.25, 0.3) is 0 Å². The van der Waals surface area contributed by atoms with Crippen molar-refractivity contribution in [2.24, 2.45) is 0 Å². The van der Waals surface area contributed by atoms with E-state index >= 15 is 0 Å². The number of nitrogens with zero attached hydrogens (tertiary/aromatic N) is 1. The molecule has 1 heterocycles. The summed E-state index contributed by atoms with van der Waals surface area (Å²) in [5.74, 6) is 0. The van der Waals surface area contributed by atoms with Gasteiger partial charge in [-0.05, 0) is 48.8 Å². The minimum atomic E-state index is 0.470. The highest BCUT2D eigenvalue weighted by atomic mass is 15.3. The van der Waals surface area contributed by atoms with Gasteiger partial charge in [-0.3, -0.25) is 4.90 Å². The Morgan fingerprint density at radius 1 is 1.05 bits per heavy atom. The van der Waals surface area contributed by atoms with Crippen LogP contribution in [0.15, 0.2) is 18.2 Å². The van der Waals surface area contributed by atoms with Crippen LogP contribution in [-0.2, 0) is 19.4 Å². The number of nitrogens with one attached hydrogen (secondary N) is 1. The van der Waals surface area contributed by atoms with Crippen molar-refractivity contribution in [1.29, 1.82) is 0 Å². The van der Waals surface area contributed by atoms with Crippen LogP contribution in [0.3, 0.4) is 0 Å². The molecule has 1 N–H and O–H groups in total. The second kappa shape index (κ2) is 5.16. The summed E-state index contributed by atoms with van der Waals surface area (Å²) in [6.45, 7) is 4.75. The summed E-state index contributed by atoms with van der Waals surface area (Å²) in [4.78, 5) is 2.78. The van der Waals surface area contributed by atoms with Gasteiger partial charge in [0.15, 0.2) is 0 Å². The number of aryl methyl sites for hydroxylation is 2. The second-order valence-corrected chi connectivity index (χ2v) is 6.99. The zero-order chi connectivity index (χ0) is 13.4. The van der Waals surface area contributed by atoms with Crippen molar-refractivity contribution >= 4 is 0 Å². The molecule has 1 saturated carbocycles. The number of hydrogen-bond acceptors (Lipinski definition) is 2. The molecule has 3 aliphatic rings. The van der Waals surface area contributed by atoms with Crippen molar-refractivity contribution in [3.05, 3.63) is 34.9 Å². The lowest BCUT2D eigenvalue weighted by Gasteiger charge is -2.45. The van der Waals surface area contributed by atoms with Crippen molar-refractivity contribution in [3.63, 3.8) is 0 Å². The van der Waals surface area contributed by atoms with E-state index in [1.165, 1.54) is 58.0 Å². The quantitative estimate of drug-likeness (QED) is 0.889. The smallest absolute Gasteiger partial charge is 0.0338 e. The highest BCUT2D eigenvalue weighted by molar-refractivity contribution is 5.35. The first kappa shape index (κ1) is 12.8. The van der Waals surface area contributed by atoms with Crippen LogP contribution in [0.1, 0.15) is 48.8 Å². The molecule has 1 saturated heterocycles. The first-order valence-corrected chi connectivity index (χ1v) is 8.42. The average molecular weight is 270 g/mol. The molecule has 0 radical (unpaired) electrons. The van der Waals surface area contributed by atoms with Crippen molar-refractivity contribution in [1.82, 2.24) is 10.2 Å². The number of rotatable bonds is 2. The molecule has 0 aromatic heterocycles. The molecule has 2 fully saturated rings. The largest absolute Gasteiger partial charge is 0.314 e. The number of piperazine rings is 1. The molecular formula is C18H26N2. The summed E-state index contributed by atoms with van der Waals surface area (Å²) in [6, 6.07) is 7.27. The third-order valence-electron chi connectivity index (χ3n) is 5.75. The van der Waals surface area contributed by atoms with Gasteiger partial charge in [0, 0.05) is 31.7 Å². The fourth-order valence-electron chi connectivity index (χ4n) is 4.60. The zero-order valence-corrected chi connectivity index (χ0v) is 12.5. The normalized spacial score (nSPS) is 25.2. The van der Waals surface area contributed by atoms with Crippen LogP contribution in [0.5, 0.6) is 0 Å². The van der Waals surface area contributed by atoms with Crippen molar-refractivity contribution < 1.29 is 0 Å². The van der Waals surface area contributed by atoms with Crippen LogP contribution in [0, 0.1) is 0 Å².